The van der Waals surface area contributed by atoms with E-state index in [0.29, 0.717) is 36.0 Å². The molecule has 26 heavy (non-hydrogen) atoms. The maximum atomic E-state index is 12.7. The molecule has 1 heterocycles. The minimum atomic E-state index is -3.94. The molecule has 0 spiro atoms. The van der Waals surface area contributed by atoms with Crippen LogP contribution in [0.3, 0.4) is 0 Å². The molecule has 2 aromatic carbocycles. The van der Waals surface area contributed by atoms with Gasteiger partial charge >= 0.3 is 0 Å². The third-order valence-electron chi connectivity index (χ3n) is 3.67. The van der Waals surface area contributed by atoms with Crippen molar-refractivity contribution in [1.29, 1.82) is 5.26 Å². The molecule has 0 saturated heterocycles. The quantitative estimate of drug-likeness (QED) is 0.682. The summed E-state index contributed by atoms with van der Waals surface area (Å²) in [4.78, 5) is -0.337. The molecule has 1 aliphatic rings. The minimum Gasteiger partial charge on any atom is -0.493 e. The Hall–Kier alpha value is -2.50. The molecule has 0 saturated carbocycles. The average molecular weight is 436 g/mol. The Morgan fingerprint density at radius 1 is 1.23 bits per heavy atom. The molecule has 0 radical (unpaired) electrons. The number of hydrogen-bond acceptors (Lipinski definition) is 6. The number of benzene rings is 2. The highest BCUT2D eigenvalue weighted by Gasteiger charge is 2.22. The topological polar surface area (TPSA) is 85.6 Å². The summed E-state index contributed by atoms with van der Waals surface area (Å²) in [5.74, 6) is 1.32. The molecule has 0 bridgehead atoms. The molecule has 8 heteroatoms. The minimum absolute atomic E-state index is 0.0398. The molecule has 0 aliphatic carbocycles. The molecule has 0 aromatic heterocycles. The van der Waals surface area contributed by atoms with E-state index < -0.39 is 9.84 Å². The number of hydrogen-bond donors (Lipinski definition) is 0. The molecule has 0 atom stereocenters. The van der Waals surface area contributed by atoms with Crippen molar-refractivity contribution in [3.63, 3.8) is 0 Å². The van der Waals surface area contributed by atoms with Gasteiger partial charge in [-0.25, -0.2) is 8.42 Å². The van der Waals surface area contributed by atoms with E-state index in [4.69, 9.17) is 14.2 Å². The van der Waals surface area contributed by atoms with Gasteiger partial charge < -0.3 is 14.2 Å². The van der Waals surface area contributed by atoms with Gasteiger partial charge in [0.2, 0.25) is 15.6 Å². The summed E-state index contributed by atoms with van der Waals surface area (Å²) in [7, 11) is -2.46. The molecule has 3 rings (SSSR count). The summed E-state index contributed by atoms with van der Waals surface area (Å²) in [6.45, 7) is 0.783. The van der Waals surface area contributed by atoms with E-state index in [9.17, 15) is 13.7 Å². The predicted molar refractivity (Wildman–Crippen MR) is 98.9 cm³/mol. The van der Waals surface area contributed by atoms with Crippen LogP contribution in [0, 0.1) is 11.3 Å². The number of nitrogens with zero attached hydrogens (tertiary/aromatic N) is 1. The second-order valence-corrected chi connectivity index (χ2v) is 8.16. The lowest BCUT2D eigenvalue weighted by atomic mass is 10.1. The molecule has 0 unspecified atom stereocenters. The van der Waals surface area contributed by atoms with Crippen LogP contribution in [0.4, 0.5) is 0 Å². The first-order valence-corrected chi connectivity index (χ1v) is 9.83. The normalized spacial score (nSPS) is 13.8. The molecule has 1 aliphatic heterocycles. The lowest BCUT2D eigenvalue weighted by Gasteiger charge is -2.21. The summed E-state index contributed by atoms with van der Waals surface area (Å²) in [5.41, 5.74) is 0.461. The van der Waals surface area contributed by atoms with E-state index in [1.807, 2.05) is 0 Å². The van der Waals surface area contributed by atoms with Crippen molar-refractivity contribution in [2.24, 2.45) is 0 Å². The molecule has 0 N–H and O–H groups in total. The molecule has 0 fully saturated rings. The fraction of sp³-hybridized carbons (Fsp3) is 0.167. The smallest absolute Gasteiger partial charge is 0.216 e. The number of sulfone groups is 1. The Kier molecular flexibility index (Phi) is 5.20. The van der Waals surface area contributed by atoms with Crippen molar-refractivity contribution < 1.29 is 22.6 Å². The summed E-state index contributed by atoms with van der Waals surface area (Å²) in [6, 6.07) is 11.1. The lowest BCUT2D eigenvalue weighted by molar-refractivity contribution is 0.165. The molecular weight excluding hydrogens is 422 g/mol. The van der Waals surface area contributed by atoms with Gasteiger partial charge in [0, 0.05) is 4.47 Å². The van der Waals surface area contributed by atoms with Crippen LogP contribution < -0.4 is 14.2 Å². The van der Waals surface area contributed by atoms with Gasteiger partial charge in [-0.15, -0.1) is 0 Å². The fourth-order valence-electron chi connectivity index (χ4n) is 2.44. The molecule has 6 nitrogen and oxygen atoms in total. The molecule has 134 valence electrons. The Morgan fingerprint density at radius 2 is 1.92 bits per heavy atom. The zero-order valence-corrected chi connectivity index (χ0v) is 16.1. The van der Waals surface area contributed by atoms with E-state index in [-0.39, 0.29) is 9.80 Å². The lowest BCUT2D eigenvalue weighted by Crippen LogP contribution is -2.16. The van der Waals surface area contributed by atoms with Crippen molar-refractivity contribution in [3.8, 4) is 23.3 Å². The van der Waals surface area contributed by atoms with Crippen molar-refractivity contribution in [1.82, 2.24) is 0 Å². The van der Waals surface area contributed by atoms with Crippen molar-refractivity contribution in [2.45, 2.75) is 4.90 Å². The van der Waals surface area contributed by atoms with Crippen LogP contribution in [0.1, 0.15) is 5.56 Å². The number of ether oxygens (including phenoxy) is 3. The standard InChI is InChI=1S/C18H14BrNO5S/c1-23-16-9-12(10-17-18(16)25-7-6-24-17)8-15(11-20)26(21,22)14-4-2-13(19)3-5-14/h2-5,8-10H,6-7H2,1H3/b15-8-. The van der Waals surface area contributed by atoms with Crippen LogP contribution in [0.5, 0.6) is 17.2 Å². The summed E-state index contributed by atoms with van der Waals surface area (Å²) < 4.78 is 42.5. The maximum Gasteiger partial charge on any atom is 0.216 e. The third-order valence-corrected chi connectivity index (χ3v) is 5.88. The van der Waals surface area contributed by atoms with Crippen LogP contribution in [-0.2, 0) is 9.84 Å². The van der Waals surface area contributed by atoms with Gasteiger partial charge in [-0.1, -0.05) is 15.9 Å². The van der Waals surface area contributed by atoms with Crippen LogP contribution in [0.25, 0.3) is 6.08 Å². The van der Waals surface area contributed by atoms with Crippen LogP contribution >= 0.6 is 15.9 Å². The highest BCUT2D eigenvalue weighted by atomic mass is 79.9. The summed E-state index contributed by atoms with van der Waals surface area (Å²) in [6.07, 6.45) is 1.29. The van der Waals surface area contributed by atoms with E-state index in [1.54, 1.807) is 30.3 Å². The van der Waals surface area contributed by atoms with Crippen molar-refractivity contribution in [2.75, 3.05) is 20.3 Å². The number of rotatable bonds is 4. The number of allylic oxidation sites excluding steroid dienone is 1. The Morgan fingerprint density at radius 3 is 2.58 bits per heavy atom. The highest BCUT2D eigenvalue weighted by Crippen LogP contribution is 2.41. The Labute approximate surface area is 159 Å². The highest BCUT2D eigenvalue weighted by molar-refractivity contribution is 9.10. The van der Waals surface area contributed by atoms with Crippen LogP contribution in [0.2, 0.25) is 0 Å². The van der Waals surface area contributed by atoms with Crippen LogP contribution in [-0.4, -0.2) is 28.7 Å². The zero-order chi connectivity index (χ0) is 18.7. The number of halogens is 1. The van der Waals surface area contributed by atoms with Crippen molar-refractivity contribution >= 4 is 31.8 Å². The zero-order valence-electron chi connectivity index (χ0n) is 13.7. The van der Waals surface area contributed by atoms with E-state index in [0.717, 1.165) is 4.47 Å². The Balaban J connectivity index is 2.07. The van der Waals surface area contributed by atoms with Crippen LogP contribution in [0.15, 0.2) is 50.7 Å². The molecular formula is C18H14BrNO5S. The Bertz CT molecular complexity index is 990. The van der Waals surface area contributed by atoms with Gasteiger partial charge in [0.05, 0.1) is 12.0 Å². The SMILES string of the molecule is COc1cc(/C=C(/C#N)S(=O)(=O)c2ccc(Br)cc2)cc2c1OCCO2. The van der Waals surface area contributed by atoms with E-state index >= 15 is 0 Å². The van der Waals surface area contributed by atoms with Gasteiger partial charge in [0.1, 0.15) is 24.2 Å². The largest absolute Gasteiger partial charge is 0.493 e. The number of methoxy groups -OCH3 is 1. The molecule has 2 aromatic rings. The van der Waals surface area contributed by atoms with Crippen molar-refractivity contribution in [3.05, 3.63) is 51.3 Å². The van der Waals surface area contributed by atoms with E-state index in [1.165, 1.54) is 25.3 Å². The fourth-order valence-corrected chi connectivity index (χ4v) is 3.86. The second kappa shape index (κ2) is 7.40. The van der Waals surface area contributed by atoms with E-state index in [2.05, 4.69) is 15.9 Å². The number of fused-ring (bicyclic) bond motifs is 1. The monoisotopic (exact) mass is 435 g/mol. The maximum absolute atomic E-state index is 12.7. The second-order valence-electron chi connectivity index (χ2n) is 5.33. The first-order chi connectivity index (χ1) is 12.5. The summed E-state index contributed by atoms with van der Waals surface area (Å²) in [5, 5.41) is 9.41. The van der Waals surface area contributed by atoms with Gasteiger partial charge in [-0.05, 0) is 48.0 Å². The van der Waals surface area contributed by atoms with Gasteiger partial charge in [0.15, 0.2) is 11.5 Å². The first-order valence-electron chi connectivity index (χ1n) is 7.56. The van der Waals surface area contributed by atoms with Gasteiger partial charge in [-0.2, -0.15) is 5.26 Å². The van der Waals surface area contributed by atoms with Gasteiger partial charge in [-0.3, -0.25) is 0 Å². The predicted octanol–water partition coefficient (Wildman–Crippen LogP) is 3.57. The molecule has 0 amide bonds. The third kappa shape index (κ3) is 3.54. The summed E-state index contributed by atoms with van der Waals surface area (Å²) >= 11 is 3.26. The average Bonchev–Trinajstić information content (AvgIpc) is 2.65. The number of nitriles is 1. The van der Waals surface area contributed by atoms with Gasteiger partial charge in [0.25, 0.3) is 0 Å². The first kappa shape index (κ1) is 18.3.